The summed E-state index contributed by atoms with van der Waals surface area (Å²) < 4.78 is 36.1. The normalized spacial score (nSPS) is 14.5. The number of aromatic hydroxyl groups is 1. The molecule has 1 aromatic heterocycles. The van der Waals surface area contributed by atoms with Crippen molar-refractivity contribution in [3.05, 3.63) is 81.9 Å². The molecule has 0 bridgehead atoms. The molecular weight excluding hydrogens is 544 g/mol. The zero-order chi connectivity index (χ0) is 29.4. The van der Waals surface area contributed by atoms with E-state index < -0.39 is 21.7 Å². The summed E-state index contributed by atoms with van der Waals surface area (Å²) in [5.74, 6) is 0.319. The van der Waals surface area contributed by atoms with Crippen LogP contribution in [0.1, 0.15) is 68.4 Å². The van der Waals surface area contributed by atoms with E-state index in [0.29, 0.717) is 42.0 Å². The van der Waals surface area contributed by atoms with Crippen molar-refractivity contribution < 1.29 is 28.2 Å². The molecule has 0 aliphatic heterocycles. The van der Waals surface area contributed by atoms with Gasteiger partial charge in [-0.3, -0.25) is 4.31 Å². The van der Waals surface area contributed by atoms with Crippen LogP contribution in [0.4, 0.5) is 11.4 Å². The number of benzene rings is 2. The molecule has 3 aromatic rings. The molecule has 0 saturated heterocycles. The van der Waals surface area contributed by atoms with Crippen molar-refractivity contribution in [1.82, 2.24) is 0 Å². The second kappa shape index (κ2) is 14.0. The lowest BCUT2D eigenvalue weighted by atomic mass is 9.93. The summed E-state index contributed by atoms with van der Waals surface area (Å²) in [4.78, 5) is 15.2. The quantitative estimate of drug-likeness (QED) is 0.283. The highest BCUT2D eigenvalue weighted by Crippen LogP contribution is 2.41. The van der Waals surface area contributed by atoms with E-state index in [2.05, 4.69) is 0 Å². The van der Waals surface area contributed by atoms with Gasteiger partial charge in [0.15, 0.2) is 0 Å². The van der Waals surface area contributed by atoms with Crippen LogP contribution in [0.2, 0.25) is 0 Å². The standard InChI is InChI=1S/C31H40N2O7S/c1-2-11-27(29-30(36)26-16-8-3-4-9-17-28(26)40-31(29)37)33(23-12-6-5-7-13-23)41(38,39)25-15-10-14-24(22-25)32(18-20-34)19-21-35/h5-7,10,12-15,22,27,34-36H,2-4,8-9,11,16-21H2,1H3. The first-order chi connectivity index (χ1) is 19.8. The minimum Gasteiger partial charge on any atom is -0.507 e. The first kappa shape index (κ1) is 30.6. The second-order valence-corrected chi connectivity index (χ2v) is 12.2. The SMILES string of the molecule is CCCC(c1c(O)c2c(oc1=O)CCCCCC2)N(c1ccccc1)S(=O)(=O)c1cccc(N(CCO)CCO)c1. The summed E-state index contributed by atoms with van der Waals surface area (Å²) in [6.45, 7) is 2.00. The van der Waals surface area contributed by atoms with E-state index in [1.54, 1.807) is 47.4 Å². The Hall–Kier alpha value is -3.34. The van der Waals surface area contributed by atoms with Crippen LogP contribution in [-0.2, 0) is 22.9 Å². The second-order valence-electron chi connectivity index (χ2n) is 10.3. The largest absolute Gasteiger partial charge is 0.507 e. The van der Waals surface area contributed by atoms with Crippen molar-refractivity contribution in [2.75, 3.05) is 35.5 Å². The van der Waals surface area contributed by atoms with Gasteiger partial charge in [-0.15, -0.1) is 0 Å². The van der Waals surface area contributed by atoms with Gasteiger partial charge >= 0.3 is 5.63 Å². The van der Waals surface area contributed by atoms with Crippen LogP contribution in [0.15, 0.2) is 68.7 Å². The molecule has 0 fully saturated rings. The Morgan fingerprint density at radius 1 is 0.902 bits per heavy atom. The number of nitrogens with zero attached hydrogens (tertiary/aromatic N) is 2. The third-order valence-electron chi connectivity index (χ3n) is 7.56. The van der Waals surface area contributed by atoms with Gasteiger partial charge in [0.05, 0.1) is 29.8 Å². The van der Waals surface area contributed by atoms with Gasteiger partial charge in [0.1, 0.15) is 17.1 Å². The molecule has 1 heterocycles. The fourth-order valence-electron chi connectivity index (χ4n) is 5.59. The summed E-state index contributed by atoms with van der Waals surface area (Å²) in [5, 5.41) is 30.6. The lowest BCUT2D eigenvalue weighted by molar-refractivity contribution is 0.281. The summed E-state index contributed by atoms with van der Waals surface area (Å²) in [6, 6.07) is 13.9. The van der Waals surface area contributed by atoms with E-state index in [0.717, 1.165) is 25.7 Å². The zero-order valence-electron chi connectivity index (χ0n) is 23.5. The van der Waals surface area contributed by atoms with E-state index in [-0.39, 0.29) is 48.9 Å². The Kier molecular flexibility index (Phi) is 10.5. The molecule has 1 aliphatic carbocycles. The van der Waals surface area contributed by atoms with Crippen molar-refractivity contribution in [3.63, 3.8) is 0 Å². The maximum Gasteiger partial charge on any atom is 0.345 e. The summed E-state index contributed by atoms with van der Waals surface area (Å²) >= 11 is 0. The Morgan fingerprint density at radius 3 is 2.22 bits per heavy atom. The number of fused-ring (bicyclic) bond motifs is 1. The van der Waals surface area contributed by atoms with Gasteiger partial charge in [0.2, 0.25) is 0 Å². The van der Waals surface area contributed by atoms with Crippen LogP contribution in [0, 0.1) is 0 Å². The number of hydrogen-bond donors (Lipinski definition) is 3. The lowest BCUT2D eigenvalue weighted by Gasteiger charge is -2.33. The van der Waals surface area contributed by atoms with Crippen molar-refractivity contribution in [2.45, 2.75) is 69.2 Å². The molecule has 0 saturated carbocycles. The van der Waals surface area contributed by atoms with Gasteiger partial charge < -0.3 is 24.6 Å². The molecule has 1 aliphatic rings. The molecule has 3 N–H and O–H groups in total. The third-order valence-corrected chi connectivity index (χ3v) is 9.40. The molecular formula is C31H40N2O7S. The minimum absolute atomic E-state index is 0.0176. The average Bonchev–Trinajstić information content (AvgIpc) is 2.95. The van der Waals surface area contributed by atoms with Gasteiger partial charge in [0.25, 0.3) is 10.0 Å². The molecule has 222 valence electrons. The molecule has 2 aromatic carbocycles. The molecule has 9 nitrogen and oxygen atoms in total. The van der Waals surface area contributed by atoms with Crippen LogP contribution in [0.3, 0.4) is 0 Å². The van der Waals surface area contributed by atoms with Gasteiger partial charge in [-0.25, -0.2) is 13.2 Å². The van der Waals surface area contributed by atoms with Gasteiger partial charge in [-0.1, -0.05) is 50.5 Å². The number of anilines is 2. The number of aliphatic hydroxyl groups excluding tert-OH is 2. The summed E-state index contributed by atoms with van der Waals surface area (Å²) in [7, 11) is -4.29. The zero-order valence-corrected chi connectivity index (χ0v) is 24.4. The number of para-hydroxylation sites is 1. The fourth-order valence-corrected chi connectivity index (χ4v) is 7.29. The third kappa shape index (κ3) is 6.77. The molecule has 4 rings (SSSR count). The Balaban J connectivity index is 1.90. The van der Waals surface area contributed by atoms with E-state index in [9.17, 15) is 28.5 Å². The Bertz CT molecular complexity index is 1450. The summed E-state index contributed by atoms with van der Waals surface area (Å²) in [5.41, 5.74) is 0.706. The molecule has 0 radical (unpaired) electrons. The predicted molar refractivity (Wildman–Crippen MR) is 159 cm³/mol. The van der Waals surface area contributed by atoms with E-state index >= 15 is 0 Å². The van der Waals surface area contributed by atoms with Crippen molar-refractivity contribution in [3.8, 4) is 5.75 Å². The van der Waals surface area contributed by atoms with Crippen LogP contribution in [0.25, 0.3) is 0 Å². The Labute approximate surface area is 241 Å². The highest BCUT2D eigenvalue weighted by atomic mass is 32.2. The van der Waals surface area contributed by atoms with Crippen LogP contribution < -0.4 is 14.8 Å². The molecule has 0 amide bonds. The maximum atomic E-state index is 14.5. The van der Waals surface area contributed by atoms with Crippen LogP contribution >= 0.6 is 0 Å². The molecule has 1 atom stereocenters. The summed E-state index contributed by atoms with van der Waals surface area (Å²) in [6.07, 6.45) is 5.67. The highest BCUT2D eigenvalue weighted by Gasteiger charge is 2.37. The molecule has 1 unspecified atom stereocenters. The monoisotopic (exact) mass is 584 g/mol. The predicted octanol–water partition coefficient (Wildman–Crippen LogP) is 4.53. The maximum absolute atomic E-state index is 14.5. The molecule has 10 heteroatoms. The molecule has 0 spiro atoms. The van der Waals surface area contributed by atoms with E-state index in [1.807, 2.05) is 6.92 Å². The van der Waals surface area contributed by atoms with E-state index in [1.165, 1.54) is 16.4 Å². The van der Waals surface area contributed by atoms with Gasteiger partial charge in [-0.2, -0.15) is 0 Å². The average molecular weight is 585 g/mol. The van der Waals surface area contributed by atoms with E-state index in [4.69, 9.17) is 4.42 Å². The number of sulfonamides is 1. The first-order valence-corrected chi connectivity index (χ1v) is 15.8. The first-order valence-electron chi connectivity index (χ1n) is 14.4. The van der Waals surface area contributed by atoms with Crippen LogP contribution in [0.5, 0.6) is 5.75 Å². The number of hydrogen-bond acceptors (Lipinski definition) is 8. The van der Waals surface area contributed by atoms with Crippen molar-refractivity contribution >= 4 is 21.4 Å². The smallest absolute Gasteiger partial charge is 0.345 e. The topological polar surface area (TPSA) is 132 Å². The minimum atomic E-state index is -4.29. The number of rotatable bonds is 12. The highest BCUT2D eigenvalue weighted by molar-refractivity contribution is 7.92. The van der Waals surface area contributed by atoms with Crippen LogP contribution in [-0.4, -0.2) is 50.0 Å². The number of aryl methyl sites for hydroxylation is 1. The molecule has 41 heavy (non-hydrogen) atoms. The fraction of sp³-hybridized carbons (Fsp3) is 0.452. The lowest BCUT2D eigenvalue weighted by Crippen LogP contribution is -2.37. The van der Waals surface area contributed by atoms with Gasteiger partial charge in [0, 0.05) is 30.8 Å². The number of aliphatic hydroxyl groups is 2. The van der Waals surface area contributed by atoms with Gasteiger partial charge in [-0.05, 0) is 56.0 Å². The van der Waals surface area contributed by atoms with Crippen molar-refractivity contribution in [1.29, 1.82) is 0 Å². The Morgan fingerprint density at radius 2 is 1.56 bits per heavy atom. The van der Waals surface area contributed by atoms with Crippen molar-refractivity contribution in [2.24, 2.45) is 0 Å².